The first-order chi connectivity index (χ1) is 9.10. The highest BCUT2D eigenvalue weighted by molar-refractivity contribution is 5.90. The number of anilines is 1. The normalized spacial score (nSPS) is 10.3. The number of furan rings is 1. The summed E-state index contributed by atoms with van der Waals surface area (Å²) in [6, 6.07) is 7.91. The van der Waals surface area contributed by atoms with Crippen molar-refractivity contribution in [2.45, 2.75) is 13.5 Å². The van der Waals surface area contributed by atoms with Crippen LogP contribution in [0.5, 0.6) is 0 Å². The third kappa shape index (κ3) is 3.13. The van der Waals surface area contributed by atoms with Gasteiger partial charge < -0.3 is 14.5 Å². The molecule has 2 rings (SSSR count). The van der Waals surface area contributed by atoms with Gasteiger partial charge in [-0.3, -0.25) is 0 Å². The quantitative estimate of drug-likeness (QED) is 0.861. The van der Waals surface area contributed by atoms with Crippen LogP contribution >= 0.6 is 0 Å². The average Bonchev–Trinajstić information content (AvgIpc) is 2.83. The van der Waals surface area contributed by atoms with Crippen molar-refractivity contribution in [2.75, 3.05) is 12.4 Å². The van der Waals surface area contributed by atoms with Crippen molar-refractivity contribution < 1.29 is 18.3 Å². The number of aryl methyl sites for hydroxylation is 1. The Kier molecular flexibility index (Phi) is 3.85. The highest BCUT2D eigenvalue weighted by Gasteiger charge is 2.12. The first-order valence-corrected chi connectivity index (χ1v) is 5.77. The van der Waals surface area contributed by atoms with E-state index in [2.05, 4.69) is 10.1 Å². The summed E-state index contributed by atoms with van der Waals surface area (Å²) in [5.74, 6) is 0.286. The van der Waals surface area contributed by atoms with E-state index in [4.69, 9.17) is 4.42 Å². The second kappa shape index (κ2) is 5.56. The average molecular weight is 263 g/mol. The van der Waals surface area contributed by atoms with Gasteiger partial charge in [0.25, 0.3) is 0 Å². The van der Waals surface area contributed by atoms with Gasteiger partial charge in [0.15, 0.2) is 0 Å². The molecule has 1 aromatic heterocycles. The van der Waals surface area contributed by atoms with Gasteiger partial charge in [-0.05, 0) is 37.3 Å². The Morgan fingerprint density at radius 3 is 2.79 bits per heavy atom. The zero-order valence-electron chi connectivity index (χ0n) is 10.7. The van der Waals surface area contributed by atoms with E-state index in [9.17, 15) is 9.18 Å². The minimum absolute atomic E-state index is 0.0943. The van der Waals surface area contributed by atoms with Gasteiger partial charge in [-0.2, -0.15) is 0 Å². The van der Waals surface area contributed by atoms with Gasteiger partial charge in [0.05, 0.1) is 19.2 Å². The standard InChI is InChI=1S/C14H14FNO3/c1-9-3-5-11(19-9)8-16-10-4-6-13(15)12(7-10)14(17)18-2/h3-7,16H,8H2,1-2H3. The van der Waals surface area contributed by atoms with Crippen LogP contribution < -0.4 is 5.32 Å². The molecule has 0 bridgehead atoms. The molecule has 1 aromatic carbocycles. The molecule has 100 valence electrons. The monoisotopic (exact) mass is 263 g/mol. The first-order valence-electron chi connectivity index (χ1n) is 5.77. The molecule has 5 heteroatoms. The van der Waals surface area contributed by atoms with Crippen LogP contribution in [-0.4, -0.2) is 13.1 Å². The third-order valence-corrected chi connectivity index (χ3v) is 2.63. The molecule has 0 aliphatic heterocycles. The molecule has 0 aliphatic rings. The van der Waals surface area contributed by atoms with Crippen LogP contribution in [0.4, 0.5) is 10.1 Å². The molecule has 1 N–H and O–H groups in total. The molecular weight excluding hydrogens is 249 g/mol. The lowest BCUT2D eigenvalue weighted by atomic mass is 10.2. The highest BCUT2D eigenvalue weighted by atomic mass is 19.1. The molecule has 0 atom stereocenters. The minimum atomic E-state index is -0.699. The van der Waals surface area contributed by atoms with E-state index >= 15 is 0 Å². The van der Waals surface area contributed by atoms with Gasteiger partial charge in [-0.15, -0.1) is 0 Å². The summed E-state index contributed by atoms with van der Waals surface area (Å²) in [5.41, 5.74) is 0.527. The number of carbonyl (C=O) groups is 1. The Hall–Kier alpha value is -2.30. The lowest BCUT2D eigenvalue weighted by molar-refractivity contribution is 0.0595. The lowest BCUT2D eigenvalue weighted by Gasteiger charge is -2.07. The maximum absolute atomic E-state index is 13.4. The summed E-state index contributed by atoms with van der Waals surface area (Å²) in [6.45, 7) is 2.32. The van der Waals surface area contributed by atoms with E-state index in [0.29, 0.717) is 12.2 Å². The topological polar surface area (TPSA) is 51.5 Å². The summed E-state index contributed by atoms with van der Waals surface area (Å²) < 4.78 is 23.3. The lowest BCUT2D eigenvalue weighted by Crippen LogP contribution is -2.06. The van der Waals surface area contributed by atoms with Crippen molar-refractivity contribution in [3.05, 3.63) is 53.2 Å². The summed E-state index contributed by atoms with van der Waals surface area (Å²) in [6.07, 6.45) is 0. The molecule has 2 aromatic rings. The molecule has 19 heavy (non-hydrogen) atoms. The number of methoxy groups -OCH3 is 1. The van der Waals surface area contributed by atoms with Crippen LogP contribution in [0.3, 0.4) is 0 Å². The van der Waals surface area contributed by atoms with Gasteiger partial charge in [0.1, 0.15) is 17.3 Å². The molecule has 0 saturated heterocycles. The minimum Gasteiger partial charge on any atom is -0.465 e. The van der Waals surface area contributed by atoms with Gasteiger partial charge in [0, 0.05) is 5.69 Å². The van der Waals surface area contributed by atoms with Crippen LogP contribution in [0, 0.1) is 12.7 Å². The maximum Gasteiger partial charge on any atom is 0.340 e. The second-order valence-electron chi connectivity index (χ2n) is 4.05. The van der Waals surface area contributed by atoms with E-state index in [1.54, 1.807) is 6.07 Å². The van der Waals surface area contributed by atoms with Crippen molar-refractivity contribution in [2.24, 2.45) is 0 Å². The predicted octanol–water partition coefficient (Wildman–Crippen LogP) is 3.13. The molecule has 4 nitrogen and oxygen atoms in total. The van der Waals surface area contributed by atoms with Crippen LogP contribution in [0.2, 0.25) is 0 Å². The SMILES string of the molecule is COC(=O)c1cc(NCc2ccc(C)o2)ccc1F. The summed E-state index contributed by atoms with van der Waals surface area (Å²) in [7, 11) is 1.22. The zero-order chi connectivity index (χ0) is 13.8. The van der Waals surface area contributed by atoms with E-state index in [0.717, 1.165) is 11.5 Å². The van der Waals surface area contributed by atoms with Crippen molar-refractivity contribution in [3.63, 3.8) is 0 Å². The molecule has 0 spiro atoms. The van der Waals surface area contributed by atoms with Crippen molar-refractivity contribution in [1.29, 1.82) is 0 Å². The number of hydrogen-bond donors (Lipinski definition) is 1. The highest BCUT2D eigenvalue weighted by Crippen LogP contribution is 2.17. The van der Waals surface area contributed by atoms with Crippen LogP contribution in [0.15, 0.2) is 34.7 Å². The summed E-state index contributed by atoms with van der Waals surface area (Å²) >= 11 is 0. The Labute approximate surface area is 110 Å². The number of esters is 1. The number of benzene rings is 1. The molecule has 0 unspecified atom stereocenters. The number of halogens is 1. The molecule has 0 fully saturated rings. The molecule has 0 radical (unpaired) electrons. The van der Waals surface area contributed by atoms with Gasteiger partial charge in [-0.25, -0.2) is 9.18 Å². The Balaban J connectivity index is 2.10. The predicted molar refractivity (Wildman–Crippen MR) is 68.5 cm³/mol. The first kappa shape index (κ1) is 13.1. The Bertz CT molecular complexity index is 592. The Morgan fingerprint density at radius 1 is 1.37 bits per heavy atom. The Morgan fingerprint density at radius 2 is 2.16 bits per heavy atom. The fourth-order valence-corrected chi connectivity index (χ4v) is 1.67. The fraction of sp³-hybridized carbons (Fsp3) is 0.214. The van der Waals surface area contributed by atoms with Crippen LogP contribution in [0.1, 0.15) is 21.9 Å². The summed E-state index contributed by atoms with van der Waals surface area (Å²) in [5, 5.41) is 3.05. The number of nitrogens with one attached hydrogen (secondary N) is 1. The second-order valence-corrected chi connectivity index (χ2v) is 4.05. The van der Waals surface area contributed by atoms with Gasteiger partial charge in [0.2, 0.25) is 0 Å². The van der Waals surface area contributed by atoms with E-state index in [1.807, 2.05) is 19.1 Å². The molecule has 1 heterocycles. The van der Waals surface area contributed by atoms with Crippen LogP contribution in [-0.2, 0) is 11.3 Å². The van der Waals surface area contributed by atoms with Crippen molar-refractivity contribution in [1.82, 2.24) is 0 Å². The van der Waals surface area contributed by atoms with Crippen molar-refractivity contribution >= 4 is 11.7 Å². The number of ether oxygens (including phenoxy) is 1. The van der Waals surface area contributed by atoms with Crippen LogP contribution in [0.25, 0.3) is 0 Å². The van der Waals surface area contributed by atoms with Gasteiger partial charge >= 0.3 is 5.97 Å². The largest absolute Gasteiger partial charge is 0.465 e. The number of rotatable bonds is 4. The van der Waals surface area contributed by atoms with E-state index in [1.165, 1.54) is 19.2 Å². The number of carbonyl (C=O) groups excluding carboxylic acids is 1. The fourth-order valence-electron chi connectivity index (χ4n) is 1.67. The van der Waals surface area contributed by atoms with Gasteiger partial charge in [-0.1, -0.05) is 0 Å². The molecule has 0 amide bonds. The smallest absolute Gasteiger partial charge is 0.340 e. The molecule has 0 aliphatic carbocycles. The summed E-state index contributed by atoms with van der Waals surface area (Å²) in [4.78, 5) is 11.4. The molecule has 0 saturated carbocycles. The third-order valence-electron chi connectivity index (χ3n) is 2.63. The number of hydrogen-bond acceptors (Lipinski definition) is 4. The maximum atomic E-state index is 13.4. The van der Waals surface area contributed by atoms with E-state index in [-0.39, 0.29) is 5.56 Å². The zero-order valence-corrected chi connectivity index (χ0v) is 10.7. The van der Waals surface area contributed by atoms with E-state index < -0.39 is 11.8 Å². The molecular formula is C14H14FNO3. The van der Waals surface area contributed by atoms with Crippen molar-refractivity contribution in [3.8, 4) is 0 Å².